The summed E-state index contributed by atoms with van der Waals surface area (Å²) in [5, 5.41) is 0. The van der Waals surface area contributed by atoms with Gasteiger partial charge in [0.1, 0.15) is 11.4 Å². The van der Waals surface area contributed by atoms with Crippen molar-refractivity contribution in [3.8, 4) is 0 Å². The first-order valence-electron chi connectivity index (χ1n) is 8.30. The average Bonchev–Trinajstić information content (AvgIpc) is 2.97. The molecule has 24 heavy (non-hydrogen) atoms. The van der Waals surface area contributed by atoms with Gasteiger partial charge in [0, 0.05) is 13.5 Å². The molecular formula is C18H29NO5. The van der Waals surface area contributed by atoms with Crippen molar-refractivity contribution in [3.63, 3.8) is 0 Å². The molecule has 136 valence electrons. The van der Waals surface area contributed by atoms with Crippen molar-refractivity contribution >= 4 is 12.1 Å². The Morgan fingerprint density at radius 3 is 2.50 bits per heavy atom. The Morgan fingerprint density at radius 1 is 1.33 bits per heavy atom. The van der Waals surface area contributed by atoms with Crippen LogP contribution in [0.4, 0.5) is 4.79 Å². The van der Waals surface area contributed by atoms with Gasteiger partial charge in [-0.2, -0.15) is 0 Å². The smallest absolute Gasteiger partial charge is 0.410 e. The maximum absolute atomic E-state index is 12.4. The van der Waals surface area contributed by atoms with Crippen LogP contribution in [0.5, 0.6) is 0 Å². The Morgan fingerprint density at radius 2 is 2.00 bits per heavy atom. The van der Waals surface area contributed by atoms with E-state index in [-0.39, 0.29) is 17.9 Å². The average molecular weight is 339 g/mol. The molecule has 1 unspecified atom stereocenters. The Hall–Kier alpha value is -1.98. The van der Waals surface area contributed by atoms with E-state index in [1.54, 1.807) is 26.3 Å². The van der Waals surface area contributed by atoms with Crippen molar-refractivity contribution in [2.45, 2.75) is 59.1 Å². The normalized spacial score (nSPS) is 13.9. The topological polar surface area (TPSA) is 69.0 Å². The van der Waals surface area contributed by atoms with Crippen molar-refractivity contribution in [1.82, 2.24) is 4.90 Å². The van der Waals surface area contributed by atoms with E-state index < -0.39 is 11.7 Å². The molecule has 1 aromatic rings. The lowest BCUT2D eigenvalue weighted by molar-refractivity contribution is -0.143. The molecule has 1 rings (SSSR count). The van der Waals surface area contributed by atoms with Gasteiger partial charge in [-0.1, -0.05) is 6.92 Å². The molecule has 6 heteroatoms. The second kappa shape index (κ2) is 8.76. The lowest BCUT2D eigenvalue weighted by atomic mass is 9.93. The molecule has 0 saturated heterocycles. The molecule has 1 amide bonds. The van der Waals surface area contributed by atoms with Gasteiger partial charge in [0.2, 0.25) is 0 Å². The number of furan rings is 1. The van der Waals surface area contributed by atoms with Crippen molar-refractivity contribution in [2.75, 3.05) is 13.7 Å². The molecule has 0 N–H and O–H groups in total. The van der Waals surface area contributed by atoms with E-state index in [9.17, 15) is 9.59 Å². The summed E-state index contributed by atoms with van der Waals surface area (Å²) in [5.74, 6) is 0.431. The highest BCUT2D eigenvalue weighted by Gasteiger charge is 2.32. The summed E-state index contributed by atoms with van der Waals surface area (Å²) in [4.78, 5) is 25.5. The molecule has 0 saturated carbocycles. The number of hydrogen-bond donors (Lipinski definition) is 0. The Labute approximate surface area is 144 Å². The molecule has 0 radical (unpaired) electrons. The van der Waals surface area contributed by atoms with Crippen LogP contribution in [0.2, 0.25) is 0 Å². The minimum Gasteiger partial charge on any atom is -0.467 e. The maximum atomic E-state index is 12.4. The van der Waals surface area contributed by atoms with Gasteiger partial charge in [0.05, 0.1) is 18.9 Å². The minimum absolute atomic E-state index is 0.00178. The number of ether oxygens (including phenoxy) is 2. The van der Waals surface area contributed by atoms with Crippen LogP contribution in [0, 0.1) is 5.92 Å². The van der Waals surface area contributed by atoms with Gasteiger partial charge in [-0.3, -0.25) is 4.79 Å². The molecule has 0 fully saturated rings. The SMILES string of the molecule is CCOC(=O)CCC(C)[C@@H](c1ccco1)N(C)C(=O)OC(C)(C)C. The summed E-state index contributed by atoms with van der Waals surface area (Å²) >= 11 is 0. The molecule has 0 aliphatic heterocycles. The second-order valence-electron chi connectivity index (χ2n) is 6.87. The zero-order valence-electron chi connectivity index (χ0n) is 15.5. The van der Waals surface area contributed by atoms with E-state index >= 15 is 0 Å². The van der Waals surface area contributed by atoms with Crippen LogP contribution in [0.15, 0.2) is 22.8 Å². The molecule has 1 aromatic heterocycles. The van der Waals surface area contributed by atoms with Crippen LogP contribution >= 0.6 is 0 Å². The van der Waals surface area contributed by atoms with Crippen molar-refractivity contribution in [3.05, 3.63) is 24.2 Å². The zero-order valence-corrected chi connectivity index (χ0v) is 15.5. The third-order valence-electron chi connectivity index (χ3n) is 3.58. The van der Waals surface area contributed by atoms with E-state index in [0.717, 1.165) is 0 Å². The summed E-state index contributed by atoms with van der Waals surface area (Å²) in [6, 6.07) is 3.29. The third-order valence-corrected chi connectivity index (χ3v) is 3.58. The quantitative estimate of drug-likeness (QED) is 0.697. The van der Waals surface area contributed by atoms with E-state index in [0.29, 0.717) is 25.2 Å². The van der Waals surface area contributed by atoms with Gasteiger partial charge in [-0.05, 0) is 52.2 Å². The first-order chi connectivity index (χ1) is 11.2. The van der Waals surface area contributed by atoms with Crippen LogP contribution in [0.3, 0.4) is 0 Å². The second-order valence-corrected chi connectivity index (χ2v) is 6.87. The van der Waals surface area contributed by atoms with Crippen LogP contribution in [0.1, 0.15) is 59.3 Å². The monoisotopic (exact) mass is 339 g/mol. The third kappa shape index (κ3) is 6.26. The van der Waals surface area contributed by atoms with Gasteiger partial charge < -0.3 is 18.8 Å². The van der Waals surface area contributed by atoms with Crippen LogP contribution < -0.4 is 0 Å². The highest BCUT2D eigenvalue weighted by molar-refractivity contribution is 5.69. The summed E-state index contributed by atoms with van der Waals surface area (Å²) in [7, 11) is 1.68. The molecule has 0 spiro atoms. The number of hydrogen-bond acceptors (Lipinski definition) is 5. The number of carbonyl (C=O) groups excluding carboxylic acids is 2. The van der Waals surface area contributed by atoms with Gasteiger partial charge >= 0.3 is 12.1 Å². The number of rotatable bonds is 7. The van der Waals surface area contributed by atoms with Gasteiger partial charge in [0.25, 0.3) is 0 Å². The van der Waals surface area contributed by atoms with Crippen molar-refractivity contribution in [2.24, 2.45) is 5.92 Å². The van der Waals surface area contributed by atoms with Gasteiger partial charge in [-0.25, -0.2) is 4.79 Å². The molecular weight excluding hydrogens is 310 g/mol. The summed E-state index contributed by atoms with van der Waals surface area (Å²) in [6.07, 6.45) is 2.03. The molecule has 0 bridgehead atoms. The van der Waals surface area contributed by atoms with Crippen LogP contribution in [-0.4, -0.2) is 36.2 Å². The standard InChI is InChI=1S/C18H29NO5/c1-7-22-15(20)11-10-13(2)16(14-9-8-12-23-14)19(6)17(21)24-18(3,4)5/h8-9,12-13,16H,7,10-11H2,1-6H3/t13?,16-/m0/s1. The van der Waals surface area contributed by atoms with Crippen LogP contribution in [0.25, 0.3) is 0 Å². The maximum Gasteiger partial charge on any atom is 0.410 e. The number of amides is 1. The van der Waals surface area contributed by atoms with Gasteiger partial charge in [0.15, 0.2) is 0 Å². The first-order valence-corrected chi connectivity index (χ1v) is 8.30. The molecule has 0 aliphatic carbocycles. The number of carbonyl (C=O) groups is 2. The minimum atomic E-state index is -0.576. The highest BCUT2D eigenvalue weighted by atomic mass is 16.6. The Bertz CT molecular complexity index is 518. The highest BCUT2D eigenvalue weighted by Crippen LogP contribution is 2.32. The summed E-state index contributed by atoms with van der Waals surface area (Å²) < 4.78 is 15.9. The lowest BCUT2D eigenvalue weighted by Crippen LogP contribution is -2.39. The molecule has 0 aromatic carbocycles. The Balaban J connectivity index is 2.84. The number of nitrogens with zero attached hydrogens (tertiary/aromatic N) is 1. The predicted octanol–water partition coefficient (Wildman–Crippen LogP) is 4.17. The van der Waals surface area contributed by atoms with E-state index in [4.69, 9.17) is 13.9 Å². The molecule has 6 nitrogen and oxygen atoms in total. The van der Waals surface area contributed by atoms with Gasteiger partial charge in [-0.15, -0.1) is 0 Å². The van der Waals surface area contributed by atoms with E-state index in [1.165, 1.54) is 4.90 Å². The van der Waals surface area contributed by atoms with Crippen LogP contribution in [-0.2, 0) is 14.3 Å². The fourth-order valence-corrected chi connectivity index (χ4v) is 2.50. The fourth-order valence-electron chi connectivity index (χ4n) is 2.50. The summed E-state index contributed by atoms with van der Waals surface area (Å²) in [5.41, 5.74) is -0.576. The first kappa shape index (κ1) is 20.1. The predicted molar refractivity (Wildman–Crippen MR) is 90.5 cm³/mol. The lowest BCUT2D eigenvalue weighted by Gasteiger charge is -2.33. The van der Waals surface area contributed by atoms with Crippen molar-refractivity contribution in [1.29, 1.82) is 0 Å². The Kier molecular flexibility index (Phi) is 7.32. The molecule has 1 heterocycles. The van der Waals surface area contributed by atoms with E-state index in [2.05, 4.69) is 0 Å². The number of esters is 1. The largest absolute Gasteiger partial charge is 0.467 e. The fraction of sp³-hybridized carbons (Fsp3) is 0.667. The van der Waals surface area contributed by atoms with Crippen molar-refractivity contribution < 1.29 is 23.5 Å². The summed E-state index contributed by atoms with van der Waals surface area (Å²) in [6.45, 7) is 9.60. The zero-order chi connectivity index (χ0) is 18.3. The van der Waals surface area contributed by atoms with E-state index in [1.807, 2.05) is 33.8 Å². The molecule has 2 atom stereocenters. The molecule has 0 aliphatic rings.